The van der Waals surface area contributed by atoms with Gasteiger partial charge in [-0.25, -0.2) is 0 Å². The molecule has 0 unspecified atom stereocenters. The van der Waals surface area contributed by atoms with Crippen LogP contribution >= 0.6 is 0 Å². The summed E-state index contributed by atoms with van der Waals surface area (Å²) < 4.78 is 0. The number of aromatic nitrogens is 2. The van der Waals surface area contributed by atoms with E-state index in [4.69, 9.17) is 6.42 Å². The first-order chi connectivity index (χ1) is 7.88. The molecule has 3 aromatic rings. The van der Waals surface area contributed by atoms with E-state index < -0.39 is 0 Å². The maximum absolute atomic E-state index is 5.35. The Morgan fingerprint density at radius 1 is 1.00 bits per heavy atom. The molecule has 3 rings (SSSR count). The highest BCUT2D eigenvalue weighted by atomic mass is 14.7. The molecule has 0 bridgehead atoms. The molecule has 2 heteroatoms. The van der Waals surface area contributed by atoms with Crippen molar-refractivity contribution in [2.75, 3.05) is 0 Å². The number of hydrogen-bond acceptors (Lipinski definition) is 2. The Morgan fingerprint density at radius 2 is 1.81 bits per heavy atom. The summed E-state index contributed by atoms with van der Waals surface area (Å²) in [5, 5.41) is 2.12. The Morgan fingerprint density at radius 3 is 2.69 bits per heavy atom. The molecule has 0 fully saturated rings. The number of hydrogen-bond donors (Lipinski definition) is 0. The minimum atomic E-state index is 0.794. The average Bonchev–Trinajstić information content (AvgIpc) is 2.38. The number of fused-ring (bicyclic) bond motifs is 3. The summed E-state index contributed by atoms with van der Waals surface area (Å²) in [4.78, 5) is 8.73. The molecule has 0 atom stereocenters. The van der Waals surface area contributed by atoms with E-state index in [0.29, 0.717) is 0 Å². The number of terminal acetylenes is 1. The molecule has 0 saturated heterocycles. The molecule has 2 aromatic heterocycles. The number of benzene rings is 1. The van der Waals surface area contributed by atoms with E-state index in [9.17, 15) is 0 Å². The van der Waals surface area contributed by atoms with Gasteiger partial charge in [0.05, 0.1) is 11.0 Å². The molecule has 16 heavy (non-hydrogen) atoms. The van der Waals surface area contributed by atoms with Crippen molar-refractivity contribution in [3.05, 3.63) is 48.3 Å². The van der Waals surface area contributed by atoms with Crippen LogP contribution in [0.3, 0.4) is 0 Å². The maximum atomic E-state index is 5.35. The highest BCUT2D eigenvalue weighted by Crippen LogP contribution is 2.21. The summed E-state index contributed by atoms with van der Waals surface area (Å²) in [6, 6.07) is 9.96. The van der Waals surface area contributed by atoms with Crippen molar-refractivity contribution in [3.8, 4) is 12.3 Å². The van der Waals surface area contributed by atoms with E-state index in [1.165, 1.54) is 0 Å². The van der Waals surface area contributed by atoms with Gasteiger partial charge in [-0.15, -0.1) is 6.42 Å². The standard InChI is InChI=1S/C14H8N2/c1-2-10-8-12-6-5-11-4-3-7-15-13(11)14(12)16-9-10/h1,3-9H. The molecule has 0 N–H and O–H groups in total. The van der Waals surface area contributed by atoms with Crippen LogP contribution < -0.4 is 0 Å². The highest BCUT2D eigenvalue weighted by molar-refractivity contribution is 6.02. The monoisotopic (exact) mass is 204 g/mol. The molecule has 2 nitrogen and oxygen atoms in total. The molecule has 0 amide bonds. The fraction of sp³-hybridized carbons (Fsp3) is 0. The quantitative estimate of drug-likeness (QED) is 0.415. The minimum Gasteiger partial charge on any atom is -0.254 e. The van der Waals surface area contributed by atoms with Crippen LogP contribution in [0.2, 0.25) is 0 Å². The van der Waals surface area contributed by atoms with Gasteiger partial charge in [0.15, 0.2) is 0 Å². The molecule has 2 heterocycles. The molecule has 1 aromatic carbocycles. The zero-order valence-corrected chi connectivity index (χ0v) is 8.51. The second-order valence-electron chi connectivity index (χ2n) is 3.58. The molecule has 0 aliphatic rings. The Kier molecular flexibility index (Phi) is 1.84. The van der Waals surface area contributed by atoms with E-state index in [2.05, 4.69) is 15.9 Å². The van der Waals surface area contributed by atoms with E-state index in [-0.39, 0.29) is 0 Å². The van der Waals surface area contributed by atoms with Crippen LogP contribution in [0.1, 0.15) is 5.56 Å². The average molecular weight is 204 g/mol. The lowest BCUT2D eigenvalue weighted by Gasteiger charge is -2.02. The van der Waals surface area contributed by atoms with Gasteiger partial charge in [-0.05, 0) is 12.1 Å². The second kappa shape index (κ2) is 3.32. The fourth-order valence-electron chi connectivity index (χ4n) is 1.82. The van der Waals surface area contributed by atoms with Crippen molar-refractivity contribution in [2.45, 2.75) is 0 Å². The van der Waals surface area contributed by atoms with E-state index >= 15 is 0 Å². The zero-order valence-electron chi connectivity index (χ0n) is 8.51. The van der Waals surface area contributed by atoms with Gasteiger partial charge in [0.25, 0.3) is 0 Å². The van der Waals surface area contributed by atoms with Gasteiger partial charge < -0.3 is 0 Å². The molecule has 0 aliphatic heterocycles. The van der Waals surface area contributed by atoms with Crippen LogP contribution in [-0.2, 0) is 0 Å². The van der Waals surface area contributed by atoms with Crippen LogP contribution in [0.15, 0.2) is 42.7 Å². The molecular weight excluding hydrogens is 196 g/mol. The van der Waals surface area contributed by atoms with Crippen LogP contribution in [0, 0.1) is 12.3 Å². The Balaban J connectivity index is 2.49. The molecule has 0 saturated carbocycles. The molecule has 0 aliphatic carbocycles. The third kappa shape index (κ3) is 1.23. The van der Waals surface area contributed by atoms with Crippen molar-refractivity contribution < 1.29 is 0 Å². The van der Waals surface area contributed by atoms with Crippen LogP contribution in [0.4, 0.5) is 0 Å². The first-order valence-corrected chi connectivity index (χ1v) is 4.98. The van der Waals surface area contributed by atoms with E-state index in [1.54, 1.807) is 12.4 Å². The van der Waals surface area contributed by atoms with Crippen molar-refractivity contribution in [2.24, 2.45) is 0 Å². The first kappa shape index (κ1) is 8.87. The Bertz CT molecular complexity index is 723. The first-order valence-electron chi connectivity index (χ1n) is 4.98. The van der Waals surface area contributed by atoms with E-state index in [0.717, 1.165) is 27.4 Å². The predicted molar refractivity (Wildman–Crippen MR) is 65.0 cm³/mol. The maximum Gasteiger partial charge on any atom is 0.0965 e. The largest absolute Gasteiger partial charge is 0.254 e. The normalized spacial score (nSPS) is 10.4. The topological polar surface area (TPSA) is 25.8 Å². The van der Waals surface area contributed by atoms with Gasteiger partial charge in [0.2, 0.25) is 0 Å². The van der Waals surface area contributed by atoms with Crippen molar-refractivity contribution in [1.82, 2.24) is 9.97 Å². The van der Waals surface area contributed by atoms with Gasteiger partial charge in [-0.3, -0.25) is 9.97 Å². The molecular formula is C14H8N2. The minimum absolute atomic E-state index is 0.794. The summed E-state index contributed by atoms with van der Waals surface area (Å²) in [6.45, 7) is 0. The van der Waals surface area contributed by atoms with Gasteiger partial charge in [-0.1, -0.05) is 24.1 Å². The Labute approximate surface area is 93.0 Å². The Hall–Kier alpha value is -2.40. The summed E-state index contributed by atoms with van der Waals surface area (Å²) in [5.74, 6) is 2.58. The van der Waals surface area contributed by atoms with Gasteiger partial charge in [-0.2, -0.15) is 0 Å². The lowest BCUT2D eigenvalue weighted by molar-refractivity contribution is 1.36. The lowest BCUT2D eigenvalue weighted by Crippen LogP contribution is -1.86. The third-order valence-electron chi connectivity index (χ3n) is 2.59. The summed E-state index contributed by atoms with van der Waals surface area (Å²) >= 11 is 0. The smallest absolute Gasteiger partial charge is 0.0965 e. The summed E-state index contributed by atoms with van der Waals surface area (Å²) in [7, 11) is 0. The van der Waals surface area contributed by atoms with Crippen molar-refractivity contribution in [3.63, 3.8) is 0 Å². The van der Waals surface area contributed by atoms with Gasteiger partial charge in [0.1, 0.15) is 0 Å². The molecule has 74 valence electrons. The second-order valence-corrected chi connectivity index (χ2v) is 3.58. The number of rotatable bonds is 0. The summed E-state index contributed by atoms with van der Waals surface area (Å²) in [5.41, 5.74) is 2.61. The number of pyridine rings is 2. The molecule has 0 spiro atoms. The van der Waals surface area contributed by atoms with Crippen LogP contribution in [-0.4, -0.2) is 9.97 Å². The SMILES string of the molecule is C#Cc1cnc2c(ccc3cccnc32)c1. The highest BCUT2D eigenvalue weighted by Gasteiger charge is 2.02. The predicted octanol–water partition coefficient (Wildman–Crippen LogP) is 2.76. The van der Waals surface area contributed by atoms with Crippen molar-refractivity contribution >= 4 is 21.8 Å². The van der Waals surface area contributed by atoms with E-state index in [1.807, 2.05) is 30.3 Å². The van der Waals surface area contributed by atoms with Gasteiger partial charge in [0, 0.05) is 28.7 Å². The number of nitrogens with zero attached hydrogens (tertiary/aromatic N) is 2. The van der Waals surface area contributed by atoms with Crippen molar-refractivity contribution in [1.29, 1.82) is 0 Å². The van der Waals surface area contributed by atoms with Crippen LogP contribution in [0.25, 0.3) is 21.8 Å². The van der Waals surface area contributed by atoms with Crippen LogP contribution in [0.5, 0.6) is 0 Å². The summed E-state index contributed by atoms with van der Waals surface area (Å²) in [6.07, 6.45) is 8.83. The molecule has 0 radical (unpaired) electrons. The lowest BCUT2D eigenvalue weighted by atomic mass is 10.1. The zero-order chi connectivity index (χ0) is 11.0. The fourth-order valence-corrected chi connectivity index (χ4v) is 1.82. The third-order valence-corrected chi connectivity index (χ3v) is 2.59. The van der Waals surface area contributed by atoms with Gasteiger partial charge >= 0.3 is 0 Å².